The molecule has 1 rings (SSSR count). The zero-order chi connectivity index (χ0) is 11.1. The molecule has 0 atom stereocenters. The van der Waals surface area contributed by atoms with Gasteiger partial charge in [-0.3, -0.25) is 0 Å². The van der Waals surface area contributed by atoms with Crippen LogP contribution in [-0.4, -0.2) is 18.2 Å². The summed E-state index contributed by atoms with van der Waals surface area (Å²) in [6.45, 7) is 5.72. The molecular formula is C11H16O3. The highest BCUT2D eigenvalue weighted by Gasteiger charge is 2.05. The van der Waals surface area contributed by atoms with E-state index in [1.54, 1.807) is 13.0 Å². The van der Waals surface area contributed by atoms with Crippen LogP contribution in [0.3, 0.4) is 0 Å². The average molecular weight is 196 g/mol. The van der Waals surface area contributed by atoms with Crippen LogP contribution in [0.15, 0.2) is 18.2 Å². The monoisotopic (exact) mass is 196 g/mol. The Morgan fingerprint density at radius 3 is 2.36 bits per heavy atom. The molecule has 3 nitrogen and oxygen atoms in total. The van der Waals surface area contributed by atoms with Crippen molar-refractivity contribution in [1.29, 1.82) is 0 Å². The SMILES string of the molecule is CC.COC(=O)c1ccc(O)c(C)c1. The molecule has 14 heavy (non-hydrogen) atoms. The number of phenols is 1. The lowest BCUT2D eigenvalue weighted by molar-refractivity contribution is 0.0600. The Balaban J connectivity index is 0.000000791. The molecule has 3 heteroatoms. The molecule has 0 aliphatic rings. The van der Waals surface area contributed by atoms with Crippen LogP contribution in [-0.2, 0) is 4.74 Å². The van der Waals surface area contributed by atoms with Crippen molar-refractivity contribution >= 4 is 5.97 Å². The highest BCUT2D eigenvalue weighted by Crippen LogP contribution is 2.17. The average Bonchev–Trinajstić information content (AvgIpc) is 2.24. The van der Waals surface area contributed by atoms with Crippen LogP contribution in [0.5, 0.6) is 5.75 Å². The summed E-state index contributed by atoms with van der Waals surface area (Å²) >= 11 is 0. The second kappa shape index (κ2) is 6.02. The van der Waals surface area contributed by atoms with Crippen molar-refractivity contribution in [2.24, 2.45) is 0 Å². The fourth-order valence-corrected chi connectivity index (χ4v) is 0.900. The van der Waals surface area contributed by atoms with E-state index in [1.165, 1.54) is 19.2 Å². The molecule has 0 saturated carbocycles. The number of carbonyl (C=O) groups excluding carboxylic acids is 1. The molecule has 0 fully saturated rings. The van der Waals surface area contributed by atoms with Gasteiger partial charge >= 0.3 is 5.97 Å². The first-order valence-electron chi connectivity index (χ1n) is 4.53. The number of aryl methyl sites for hydroxylation is 1. The molecule has 1 N–H and O–H groups in total. The maximum Gasteiger partial charge on any atom is 0.337 e. The Bertz CT molecular complexity index is 305. The number of benzene rings is 1. The summed E-state index contributed by atoms with van der Waals surface area (Å²) in [5, 5.41) is 9.15. The van der Waals surface area contributed by atoms with Gasteiger partial charge in [0.1, 0.15) is 5.75 Å². The van der Waals surface area contributed by atoms with Crippen LogP contribution < -0.4 is 0 Å². The lowest BCUT2D eigenvalue weighted by Gasteiger charge is -2.01. The molecule has 0 heterocycles. The number of ether oxygens (including phenoxy) is 1. The molecule has 78 valence electrons. The van der Waals surface area contributed by atoms with Crippen molar-refractivity contribution in [3.63, 3.8) is 0 Å². The van der Waals surface area contributed by atoms with Crippen LogP contribution in [0, 0.1) is 6.92 Å². The molecule has 0 saturated heterocycles. The van der Waals surface area contributed by atoms with Crippen LogP contribution in [0.1, 0.15) is 29.8 Å². The van der Waals surface area contributed by atoms with E-state index in [1.807, 2.05) is 13.8 Å². The minimum atomic E-state index is -0.391. The van der Waals surface area contributed by atoms with Gasteiger partial charge in [-0.25, -0.2) is 4.79 Å². The standard InChI is InChI=1S/C9H10O3.C2H6/c1-6-5-7(9(11)12-2)3-4-8(6)10;1-2/h3-5,10H,1-2H3;1-2H3. The Morgan fingerprint density at radius 1 is 1.36 bits per heavy atom. The second-order valence-electron chi connectivity index (χ2n) is 2.49. The van der Waals surface area contributed by atoms with Crippen LogP contribution in [0.4, 0.5) is 0 Å². The first-order valence-corrected chi connectivity index (χ1v) is 4.53. The van der Waals surface area contributed by atoms with Crippen LogP contribution in [0.25, 0.3) is 0 Å². The molecule has 0 unspecified atom stereocenters. The molecule has 0 amide bonds. The number of hydrogen-bond acceptors (Lipinski definition) is 3. The van der Waals surface area contributed by atoms with Crippen molar-refractivity contribution < 1.29 is 14.6 Å². The minimum Gasteiger partial charge on any atom is -0.508 e. The number of hydrogen-bond donors (Lipinski definition) is 1. The van der Waals surface area contributed by atoms with Crippen LogP contribution in [0.2, 0.25) is 0 Å². The molecule has 0 bridgehead atoms. The van der Waals surface area contributed by atoms with Crippen molar-refractivity contribution in [1.82, 2.24) is 0 Å². The van der Waals surface area contributed by atoms with Gasteiger partial charge in [-0.1, -0.05) is 13.8 Å². The summed E-state index contributed by atoms with van der Waals surface area (Å²) < 4.78 is 4.51. The smallest absolute Gasteiger partial charge is 0.337 e. The largest absolute Gasteiger partial charge is 0.508 e. The van der Waals surface area contributed by atoms with Gasteiger partial charge in [0.05, 0.1) is 12.7 Å². The number of rotatable bonds is 1. The second-order valence-corrected chi connectivity index (χ2v) is 2.49. The molecule has 0 aliphatic carbocycles. The lowest BCUT2D eigenvalue weighted by atomic mass is 10.1. The number of esters is 1. The van der Waals surface area contributed by atoms with Gasteiger partial charge in [-0.15, -0.1) is 0 Å². The predicted octanol–water partition coefficient (Wildman–Crippen LogP) is 2.51. The van der Waals surface area contributed by atoms with E-state index in [4.69, 9.17) is 5.11 Å². The Hall–Kier alpha value is -1.51. The number of phenolic OH excluding ortho intramolecular Hbond substituents is 1. The molecular weight excluding hydrogens is 180 g/mol. The Labute approximate surface area is 84.3 Å². The van der Waals surface area contributed by atoms with Gasteiger partial charge in [-0.2, -0.15) is 0 Å². The number of aromatic hydroxyl groups is 1. The van der Waals surface area contributed by atoms with E-state index in [9.17, 15) is 4.79 Å². The summed E-state index contributed by atoms with van der Waals surface area (Å²) in [4.78, 5) is 11.0. The quantitative estimate of drug-likeness (QED) is 0.702. The fraction of sp³-hybridized carbons (Fsp3) is 0.364. The highest BCUT2D eigenvalue weighted by atomic mass is 16.5. The first kappa shape index (κ1) is 12.5. The first-order chi connectivity index (χ1) is 6.65. The van der Waals surface area contributed by atoms with Gasteiger partial charge in [-0.05, 0) is 30.7 Å². The maximum absolute atomic E-state index is 11.0. The summed E-state index contributed by atoms with van der Waals surface area (Å²) in [5.74, 6) is -0.208. The van der Waals surface area contributed by atoms with E-state index < -0.39 is 5.97 Å². The van der Waals surface area contributed by atoms with E-state index in [0.717, 1.165) is 0 Å². The Morgan fingerprint density at radius 2 is 1.93 bits per heavy atom. The number of carbonyl (C=O) groups is 1. The van der Waals surface area contributed by atoms with Crippen molar-refractivity contribution in [2.75, 3.05) is 7.11 Å². The summed E-state index contributed by atoms with van der Waals surface area (Å²) in [5.41, 5.74) is 1.12. The van der Waals surface area contributed by atoms with Gasteiger partial charge in [0, 0.05) is 0 Å². The topological polar surface area (TPSA) is 46.5 Å². The zero-order valence-corrected chi connectivity index (χ0v) is 9.00. The molecule has 0 aromatic heterocycles. The van der Waals surface area contributed by atoms with Gasteiger partial charge in [0.15, 0.2) is 0 Å². The van der Waals surface area contributed by atoms with Crippen LogP contribution >= 0.6 is 0 Å². The third-order valence-corrected chi connectivity index (χ3v) is 1.62. The maximum atomic E-state index is 11.0. The highest BCUT2D eigenvalue weighted by molar-refractivity contribution is 5.89. The van der Waals surface area contributed by atoms with Crippen molar-refractivity contribution in [3.05, 3.63) is 29.3 Å². The molecule has 0 spiro atoms. The summed E-state index contributed by atoms with van der Waals surface area (Å²) in [6.07, 6.45) is 0. The fourth-order valence-electron chi connectivity index (χ4n) is 0.900. The molecule has 0 aliphatic heterocycles. The molecule has 0 radical (unpaired) electrons. The molecule has 1 aromatic rings. The third-order valence-electron chi connectivity index (χ3n) is 1.62. The van der Waals surface area contributed by atoms with Crippen molar-refractivity contribution in [2.45, 2.75) is 20.8 Å². The van der Waals surface area contributed by atoms with E-state index >= 15 is 0 Å². The van der Waals surface area contributed by atoms with Gasteiger partial charge < -0.3 is 9.84 Å². The lowest BCUT2D eigenvalue weighted by Crippen LogP contribution is -2.00. The predicted molar refractivity (Wildman–Crippen MR) is 55.5 cm³/mol. The zero-order valence-electron chi connectivity index (χ0n) is 9.00. The van der Waals surface area contributed by atoms with E-state index in [-0.39, 0.29) is 5.75 Å². The van der Waals surface area contributed by atoms with E-state index in [2.05, 4.69) is 4.74 Å². The van der Waals surface area contributed by atoms with Gasteiger partial charge in [0.25, 0.3) is 0 Å². The van der Waals surface area contributed by atoms with Gasteiger partial charge in [0.2, 0.25) is 0 Å². The third kappa shape index (κ3) is 3.09. The normalized spacial score (nSPS) is 8.57. The van der Waals surface area contributed by atoms with Crippen molar-refractivity contribution in [3.8, 4) is 5.75 Å². The summed E-state index contributed by atoms with van der Waals surface area (Å²) in [7, 11) is 1.32. The number of methoxy groups -OCH3 is 1. The summed E-state index contributed by atoms with van der Waals surface area (Å²) in [6, 6.07) is 4.58. The van der Waals surface area contributed by atoms with E-state index in [0.29, 0.717) is 11.1 Å². The minimum absolute atomic E-state index is 0.183. The Kier molecular flexibility index (Phi) is 5.37. The molecule has 1 aromatic carbocycles.